The van der Waals surface area contributed by atoms with Gasteiger partial charge in [-0.25, -0.2) is 5.01 Å². The summed E-state index contributed by atoms with van der Waals surface area (Å²) in [6, 6.07) is 0. The first kappa shape index (κ1) is 10.4. The van der Waals surface area contributed by atoms with Crippen LogP contribution in [0.15, 0.2) is 0 Å². The molecule has 1 aliphatic heterocycles. The molecule has 1 aliphatic rings. The minimum atomic E-state index is 0.193. The van der Waals surface area contributed by atoms with Crippen LogP contribution in [0.25, 0.3) is 0 Å². The van der Waals surface area contributed by atoms with Crippen molar-refractivity contribution in [3.63, 3.8) is 0 Å². The summed E-state index contributed by atoms with van der Waals surface area (Å²) in [5.41, 5.74) is 0. The molecule has 76 valence electrons. The number of amides is 1. The molecule has 0 radical (unpaired) electrons. The van der Waals surface area contributed by atoms with Crippen LogP contribution in [0.3, 0.4) is 0 Å². The van der Waals surface area contributed by atoms with E-state index < -0.39 is 0 Å². The Morgan fingerprint density at radius 1 is 1.31 bits per heavy atom. The summed E-state index contributed by atoms with van der Waals surface area (Å²) < 4.78 is 0. The summed E-state index contributed by atoms with van der Waals surface area (Å²) in [4.78, 5) is 15.3. The van der Waals surface area contributed by atoms with Crippen LogP contribution in [0.5, 0.6) is 0 Å². The highest BCUT2D eigenvalue weighted by Crippen LogP contribution is 1.98. The monoisotopic (exact) mass is 186 g/mol. The molecule has 0 spiro atoms. The number of nitrogens with two attached hydrogens (primary N) is 1. The molecule has 0 atom stereocenters. The molecule has 0 bridgehead atoms. The zero-order valence-corrected chi connectivity index (χ0v) is 8.36. The summed E-state index contributed by atoms with van der Waals surface area (Å²) in [6.45, 7) is 3.55. The molecule has 5 nitrogen and oxygen atoms in total. The summed E-state index contributed by atoms with van der Waals surface area (Å²) in [6.07, 6.45) is 0. The molecule has 0 unspecified atom stereocenters. The highest BCUT2D eigenvalue weighted by molar-refractivity contribution is 5.78. The van der Waals surface area contributed by atoms with E-state index in [2.05, 4.69) is 0 Å². The zero-order chi connectivity index (χ0) is 9.84. The average molecular weight is 186 g/mol. The van der Waals surface area contributed by atoms with E-state index in [-0.39, 0.29) is 5.91 Å². The first-order valence-corrected chi connectivity index (χ1v) is 4.52. The van der Waals surface area contributed by atoms with Crippen molar-refractivity contribution in [3.05, 3.63) is 0 Å². The number of hydrogen-bond donors (Lipinski definition) is 1. The molecule has 1 fully saturated rings. The van der Waals surface area contributed by atoms with Crippen LogP contribution < -0.4 is 5.84 Å². The molecular formula is C8H18N4O. The van der Waals surface area contributed by atoms with Gasteiger partial charge in [-0.1, -0.05) is 0 Å². The molecule has 0 aromatic heterocycles. The lowest BCUT2D eigenvalue weighted by molar-refractivity contribution is -0.133. The van der Waals surface area contributed by atoms with Gasteiger partial charge in [0.05, 0.1) is 6.54 Å². The first-order valence-electron chi connectivity index (χ1n) is 4.52. The van der Waals surface area contributed by atoms with Crippen molar-refractivity contribution in [1.29, 1.82) is 0 Å². The minimum Gasteiger partial charge on any atom is -0.339 e. The van der Waals surface area contributed by atoms with Crippen LogP contribution in [0.2, 0.25) is 0 Å². The molecular weight excluding hydrogens is 168 g/mol. The Balaban J connectivity index is 2.31. The smallest absolute Gasteiger partial charge is 0.236 e. The molecule has 0 aromatic rings. The second-order valence-electron chi connectivity index (χ2n) is 3.65. The van der Waals surface area contributed by atoms with Crippen LogP contribution in [0, 0.1) is 0 Å². The molecule has 2 N–H and O–H groups in total. The van der Waals surface area contributed by atoms with Gasteiger partial charge in [0.15, 0.2) is 0 Å². The molecule has 0 saturated carbocycles. The molecule has 1 saturated heterocycles. The van der Waals surface area contributed by atoms with Crippen molar-refractivity contribution >= 4 is 5.91 Å². The van der Waals surface area contributed by atoms with E-state index in [1.807, 2.05) is 23.9 Å². The normalized spacial score (nSPS) is 19.5. The quantitative estimate of drug-likeness (QED) is 0.537. The number of carbonyl (C=O) groups is 1. The highest BCUT2D eigenvalue weighted by Gasteiger charge is 2.19. The van der Waals surface area contributed by atoms with E-state index in [0.717, 1.165) is 26.2 Å². The van der Waals surface area contributed by atoms with Gasteiger partial charge in [-0.2, -0.15) is 0 Å². The fourth-order valence-electron chi connectivity index (χ4n) is 1.34. The van der Waals surface area contributed by atoms with Crippen LogP contribution in [0.4, 0.5) is 0 Å². The highest BCUT2D eigenvalue weighted by atomic mass is 16.2. The van der Waals surface area contributed by atoms with Gasteiger partial charge in [0.25, 0.3) is 0 Å². The Labute approximate surface area is 79.0 Å². The number of rotatable bonds is 2. The number of hydrogen-bond acceptors (Lipinski definition) is 4. The third-order valence-electron chi connectivity index (χ3n) is 2.12. The maximum atomic E-state index is 11.5. The van der Waals surface area contributed by atoms with E-state index in [1.165, 1.54) is 0 Å². The lowest BCUT2D eigenvalue weighted by atomic mass is 10.3. The van der Waals surface area contributed by atoms with Gasteiger partial charge in [-0.05, 0) is 14.1 Å². The number of carbonyl (C=O) groups excluding carboxylic acids is 1. The Morgan fingerprint density at radius 3 is 2.31 bits per heavy atom. The molecule has 0 aromatic carbocycles. The number of hydrazine groups is 1. The van der Waals surface area contributed by atoms with Crippen LogP contribution in [0.1, 0.15) is 0 Å². The van der Waals surface area contributed by atoms with Gasteiger partial charge in [0.1, 0.15) is 0 Å². The standard InChI is InChI=1S/C8H18N4O/c1-10(2)7-8(13)11-3-5-12(9)6-4-11/h3-7,9H2,1-2H3. The van der Waals surface area contributed by atoms with Gasteiger partial charge in [-0.3, -0.25) is 10.6 Å². The van der Waals surface area contributed by atoms with Crippen molar-refractivity contribution in [2.24, 2.45) is 5.84 Å². The van der Waals surface area contributed by atoms with Gasteiger partial charge in [0.2, 0.25) is 5.91 Å². The predicted molar refractivity (Wildman–Crippen MR) is 50.9 cm³/mol. The fraction of sp³-hybridized carbons (Fsp3) is 0.875. The van der Waals surface area contributed by atoms with Crippen molar-refractivity contribution in [1.82, 2.24) is 14.8 Å². The Bertz CT molecular complexity index is 175. The van der Waals surface area contributed by atoms with Crippen molar-refractivity contribution in [2.75, 3.05) is 46.8 Å². The van der Waals surface area contributed by atoms with Crippen molar-refractivity contribution in [3.8, 4) is 0 Å². The van der Waals surface area contributed by atoms with Gasteiger partial charge < -0.3 is 9.80 Å². The molecule has 13 heavy (non-hydrogen) atoms. The van der Waals surface area contributed by atoms with E-state index in [9.17, 15) is 4.79 Å². The summed E-state index contributed by atoms with van der Waals surface area (Å²) in [7, 11) is 3.80. The van der Waals surface area contributed by atoms with Gasteiger partial charge in [-0.15, -0.1) is 0 Å². The Morgan fingerprint density at radius 2 is 1.85 bits per heavy atom. The number of nitrogens with zero attached hydrogens (tertiary/aromatic N) is 3. The third kappa shape index (κ3) is 3.30. The summed E-state index contributed by atoms with van der Waals surface area (Å²) in [5, 5.41) is 1.75. The van der Waals surface area contributed by atoms with Crippen molar-refractivity contribution < 1.29 is 4.79 Å². The predicted octanol–water partition coefficient (Wildman–Crippen LogP) is -1.43. The number of piperazine rings is 1. The largest absolute Gasteiger partial charge is 0.339 e. The van der Waals surface area contributed by atoms with Gasteiger partial charge in [0, 0.05) is 26.2 Å². The lowest BCUT2D eigenvalue weighted by Crippen LogP contribution is -2.52. The SMILES string of the molecule is CN(C)CC(=O)N1CCN(N)CC1. The Kier molecular flexibility index (Phi) is 3.65. The van der Waals surface area contributed by atoms with Crippen molar-refractivity contribution in [2.45, 2.75) is 0 Å². The third-order valence-corrected chi connectivity index (χ3v) is 2.12. The molecule has 1 rings (SSSR count). The summed E-state index contributed by atoms with van der Waals surface area (Å²) in [5.74, 6) is 5.78. The average Bonchev–Trinajstić information content (AvgIpc) is 2.04. The summed E-state index contributed by atoms with van der Waals surface area (Å²) >= 11 is 0. The second kappa shape index (κ2) is 4.55. The van der Waals surface area contributed by atoms with Crippen LogP contribution in [-0.2, 0) is 4.79 Å². The van der Waals surface area contributed by atoms with E-state index in [0.29, 0.717) is 6.54 Å². The van der Waals surface area contributed by atoms with E-state index >= 15 is 0 Å². The topological polar surface area (TPSA) is 52.8 Å². The maximum absolute atomic E-state index is 11.5. The van der Waals surface area contributed by atoms with E-state index in [4.69, 9.17) is 5.84 Å². The van der Waals surface area contributed by atoms with Gasteiger partial charge >= 0.3 is 0 Å². The fourth-order valence-corrected chi connectivity index (χ4v) is 1.34. The lowest BCUT2D eigenvalue weighted by Gasteiger charge is -2.32. The molecule has 5 heteroatoms. The minimum absolute atomic E-state index is 0.193. The van der Waals surface area contributed by atoms with Crippen LogP contribution >= 0.6 is 0 Å². The molecule has 0 aliphatic carbocycles. The van der Waals surface area contributed by atoms with E-state index in [1.54, 1.807) is 5.01 Å². The second-order valence-corrected chi connectivity index (χ2v) is 3.65. The maximum Gasteiger partial charge on any atom is 0.236 e. The first-order chi connectivity index (χ1) is 6.09. The number of likely N-dealkylation sites (N-methyl/N-ethyl adjacent to an activating group) is 1. The molecule has 1 heterocycles. The van der Waals surface area contributed by atoms with Crippen LogP contribution in [-0.4, -0.2) is 67.5 Å². The zero-order valence-electron chi connectivity index (χ0n) is 8.36. The Hall–Kier alpha value is -0.650. The molecule has 1 amide bonds.